The highest BCUT2D eigenvalue weighted by atomic mass is 19.4. The maximum absolute atomic E-state index is 13.0. The highest BCUT2D eigenvalue weighted by Crippen LogP contribution is 2.41. The molecule has 2 N–H and O–H groups in total. The second-order valence-electron chi connectivity index (χ2n) is 9.15. The third-order valence-corrected chi connectivity index (χ3v) is 6.44. The van der Waals surface area contributed by atoms with Crippen molar-refractivity contribution in [2.45, 2.75) is 57.9 Å². The molecule has 1 saturated heterocycles. The molecule has 1 aliphatic heterocycles. The van der Waals surface area contributed by atoms with Gasteiger partial charge in [-0.1, -0.05) is 32.0 Å². The standard InChI is InChI=1S/C22H32F3N3O/c1-14(2)9-19(26)21(29)27(3)20-8-7-16-12-28(13-18(16)20)11-15-5-4-6-17(10-15)22(23,24)25/h4-6,10,14,16,18-20H,7-9,11-13,26H2,1-3H3/t16-,18+,19-,20-/m0/s1. The van der Waals surface area contributed by atoms with Gasteiger partial charge in [-0.15, -0.1) is 0 Å². The average Bonchev–Trinajstić information content (AvgIpc) is 3.19. The third-order valence-electron chi connectivity index (χ3n) is 6.44. The van der Waals surface area contributed by atoms with E-state index in [0.29, 0.717) is 36.3 Å². The van der Waals surface area contributed by atoms with Crippen molar-refractivity contribution in [1.82, 2.24) is 9.80 Å². The highest BCUT2D eigenvalue weighted by molar-refractivity contribution is 5.81. The molecule has 0 radical (unpaired) electrons. The molecule has 1 aromatic rings. The number of amides is 1. The summed E-state index contributed by atoms with van der Waals surface area (Å²) in [4.78, 5) is 16.8. The number of fused-ring (bicyclic) bond motifs is 1. The summed E-state index contributed by atoms with van der Waals surface area (Å²) in [5, 5.41) is 0. The molecule has 0 bridgehead atoms. The van der Waals surface area contributed by atoms with Gasteiger partial charge >= 0.3 is 6.18 Å². The number of rotatable bonds is 6. The van der Waals surface area contributed by atoms with Gasteiger partial charge in [0.15, 0.2) is 0 Å². The molecule has 4 atom stereocenters. The van der Waals surface area contributed by atoms with Gasteiger partial charge < -0.3 is 10.6 Å². The Labute approximate surface area is 171 Å². The quantitative estimate of drug-likeness (QED) is 0.776. The zero-order valence-electron chi connectivity index (χ0n) is 17.5. The van der Waals surface area contributed by atoms with Crippen LogP contribution in [0.4, 0.5) is 13.2 Å². The summed E-state index contributed by atoms with van der Waals surface area (Å²) in [6.07, 6.45) is -1.62. The van der Waals surface area contributed by atoms with Gasteiger partial charge in [0.1, 0.15) is 0 Å². The van der Waals surface area contributed by atoms with Crippen LogP contribution in [0.15, 0.2) is 24.3 Å². The molecule has 29 heavy (non-hydrogen) atoms. The summed E-state index contributed by atoms with van der Waals surface area (Å²) in [6.45, 7) is 6.30. The van der Waals surface area contributed by atoms with E-state index in [-0.39, 0.29) is 11.9 Å². The normalized spacial score (nSPS) is 26.0. The van der Waals surface area contributed by atoms with Crippen molar-refractivity contribution in [3.05, 3.63) is 35.4 Å². The maximum Gasteiger partial charge on any atom is 0.416 e. The van der Waals surface area contributed by atoms with Crippen molar-refractivity contribution in [2.24, 2.45) is 23.5 Å². The predicted octanol–water partition coefficient (Wildman–Crippen LogP) is 3.75. The van der Waals surface area contributed by atoms with Gasteiger partial charge in [0.2, 0.25) is 5.91 Å². The number of likely N-dealkylation sites (N-methyl/N-ethyl adjacent to an activating group) is 1. The number of benzene rings is 1. The van der Waals surface area contributed by atoms with Crippen LogP contribution in [0.5, 0.6) is 0 Å². The van der Waals surface area contributed by atoms with Gasteiger partial charge in [-0.3, -0.25) is 9.69 Å². The van der Waals surface area contributed by atoms with Gasteiger partial charge in [0, 0.05) is 32.7 Å². The monoisotopic (exact) mass is 411 g/mol. The molecule has 1 heterocycles. The molecule has 1 aromatic carbocycles. The van der Waals surface area contributed by atoms with Crippen LogP contribution in [0.25, 0.3) is 0 Å². The Balaban J connectivity index is 1.62. The van der Waals surface area contributed by atoms with Crippen LogP contribution < -0.4 is 5.73 Å². The van der Waals surface area contributed by atoms with E-state index in [1.54, 1.807) is 6.07 Å². The lowest BCUT2D eigenvalue weighted by molar-refractivity contribution is -0.137. The third kappa shape index (κ3) is 5.12. The molecule has 4 nitrogen and oxygen atoms in total. The minimum absolute atomic E-state index is 0.000628. The lowest BCUT2D eigenvalue weighted by atomic mass is 9.96. The molecule has 3 rings (SSSR count). The first-order valence-corrected chi connectivity index (χ1v) is 10.5. The molecule has 7 heteroatoms. The summed E-state index contributed by atoms with van der Waals surface area (Å²) in [5.74, 6) is 1.22. The van der Waals surface area contributed by atoms with Gasteiger partial charge in [0.25, 0.3) is 0 Å². The van der Waals surface area contributed by atoms with Crippen LogP contribution in [0.3, 0.4) is 0 Å². The van der Waals surface area contributed by atoms with Gasteiger partial charge in [-0.05, 0) is 48.6 Å². The summed E-state index contributed by atoms with van der Waals surface area (Å²) >= 11 is 0. The Bertz CT molecular complexity index is 721. The number of hydrogen-bond donors (Lipinski definition) is 1. The molecule has 2 aliphatic rings. The van der Waals surface area contributed by atoms with Crippen molar-refractivity contribution in [3.63, 3.8) is 0 Å². The molecule has 162 valence electrons. The predicted molar refractivity (Wildman–Crippen MR) is 107 cm³/mol. The smallest absolute Gasteiger partial charge is 0.341 e. The minimum Gasteiger partial charge on any atom is -0.341 e. The number of carbonyl (C=O) groups excluding carboxylic acids is 1. The first-order chi connectivity index (χ1) is 13.6. The number of alkyl halides is 3. The van der Waals surface area contributed by atoms with Crippen LogP contribution >= 0.6 is 0 Å². The summed E-state index contributed by atoms with van der Waals surface area (Å²) < 4.78 is 38.9. The van der Waals surface area contributed by atoms with Crippen LogP contribution in [-0.2, 0) is 17.5 Å². The van der Waals surface area contributed by atoms with Crippen LogP contribution in [0.1, 0.15) is 44.2 Å². The Kier molecular flexibility index (Phi) is 6.58. The fraction of sp³-hybridized carbons (Fsp3) is 0.682. The number of carbonyl (C=O) groups is 1. The number of halogens is 3. The van der Waals surface area contributed by atoms with E-state index >= 15 is 0 Å². The van der Waals surface area contributed by atoms with Crippen molar-refractivity contribution in [1.29, 1.82) is 0 Å². The summed E-state index contributed by atoms with van der Waals surface area (Å²) in [6, 6.07) is 5.27. The van der Waals surface area contributed by atoms with E-state index in [4.69, 9.17) is 5.73 Å². The van der Waals surface area contributed by atoms with Crippen molar-refractivity contribution >= 4 is 5.91 Å². The number of likely N-dealkylation sites (tertiary alicyclic amines) is 1. The Morgan fingerprint density at radius 1 is 1.28 bits per heavy atom. The SMILES string of the molecule is CC(C)C[C@H](N)C(=O)N(C)[C@H]1CC[C@H]2CN(Cc3cccc(C(F)(F)F)c3)C[C@H]21. The number of nitrogens with two attached hydrogens (primary N) is 1. The van der Waals surface area contributed by atoms with Crippen LogP contribution in [0.2, 0.25) is 0 Å². The Morgan fingerprint density at radius 2 is 2.00 bits per heavy atom. The molecular formula is C22H32F3N3O. The summed E-state index contributed by atoms with van der Waals surface area (Å²) in [5.41, 5.74) is 6.19. The van der Waals surface area contributed by atoms with E-state index < -0.39 is 17.8 Å². The van der Waals surface area contributed by atoms with Crippen molar-refractivity contribution in [2.75, 3.05) is 20.1 Å². The van der Waals surface area contributed by atoms with Crippen LogP contribution in [-0.4, -0.2) is 47.9 Å². The van der Waals surface area contributed by atoms with E-state index in [2.05, 4.69) is 18.7 Å². The van der Waals surface area contributed by atoms with Gasteiger partial charge in [-0.2, -0.15) is 13.2 Å². The van der Waals surface area contributed by atoms with E-state index in [1.165, 1.54) is 12.1 Å². The van der Waals surface area contributed by atoms with E-state index in [9.17, 15) is 18.0 Å². The topological polar surface area (TPSA) is 49.6 Å². The minimum atomic E-state index is -4.32. The molecule has 2 fully saturated rings. The zero-order valence-corrected chi connectivity index (χ0v) is 17.5. The van der Waals surface area contributed by atoms with Gasteiger partial charge in [-0.25, -0.2) is 0 Å². The fourth-order valence-electron chi connectivity index (χ4n) is 5.08. The molecule has 0 unspecified atom stereocenters. The molecule has 1 aliphatic carbocycles. The first kappa shape index (κ1) is 22.1. The van der Waals surface area contributed by atoms with Gasteiger partial charge in [0.05, 0.1) is 11.6 Å². The highest BCUT2D eigenvalue weighted by Gasteiger charge is 2.45. The summed E-state index contributed by atoms with van der Waals surface area (Å²) in [7, 11) is 1.85. The molecule has 1 saturated carbocycles. The molecular weight excluding hydrogens is 379 g/mol. The molecule has 0 spiro atoms. The van der Waals surface area contributed by atoms with E-state index in [1.807, 2.05) is 11.9 Å². The lowest BCUT2D eigenvalue weighted by Crippen LogP contribution is -2.49. The molecule has 0 aromatic heterocycles. The second kappa shape index (κ2) is 8.64. The molecule has 1 amide bonds. The second-order valence-corrected chi connectivity index (χ2v) is 9.15. The largest absolute Gasteiger partial charge is 0.416 e. The van der Waals surface area contributed by atoms with E-state index in [0.717, 1.165) is 32.0 Å². The van der Waals surface area contributed by atoms with Crippen LogP contribution in [0, 0.1) is 17.8 Å². The number of nitrogens with zero attached hydrogens (tertiary/aromatic N) is 2. The maximum atomic E-state index is 13.0. The zero-order chi connectivity index (χ0) is 21.3. The Hall–Kier alpha value is -1.60. The fourth-order valence-corrected chi connectivity index (χ4v) is 5.08. The average molecular weight is 412 g/mol. The van der Waals surface area contributed by atoms with Crippen molar-refractivity contribution < 1.29 is 18.0 Å². The number of hydrogen-bond acceptors (Lipinski definition) is 3. The first-order valence-electron chi connectivity index (χ1n) is 10.5. The lowest BCUT2D eigenvalue weighted by Gasteiger charge is -2.32. The van der Waals surface area contributed by atoms with Crippen molar-refractivity contribution in [3.8, 4) is 0 Å². The Morgan fingerprint density at radius 3 is 2.66 bits per heavy atom.